The maximum atomic E-state index is 12.4. The Labute approximate surface area is 150 Å². The van der Waals surface area contributed by atoms with Crippen molar-refractivity contribution < 1.29 is 9.53 Å². The van der Waals surface area contributed by atoms with Crippen LogP contribution in [0.1, 0.15) is 29.2 Å². The Morgan fingerprint density at radius 1 is 1.33 bits per heavy atom. The Kier molecular flexibility index (Phi) is 5.65. The second-order valence-corrected chi connectivity index (χ2v) is 6.59. The first-order valence-electron chi connectivity index (χ1n) is 7.68. The first-order valence-corrected chi connectivity index (χ1v) is 9.29. The highest BCUT2D eigenvalue weighted by molar-refractivity contribution is 7.99. The molecule has 1 fully saturated rings. The monoisotopic (exact) mass is 366 g/mol. The summed E-state index contributed by atoms with van der Waals surface area (Å²) in [6, 6.07) is 5.65. The fourth-order valence-corrected chi connectivity index (χ4v) is 3.24. The van der Waals surface area contributed by atoms with Gasteiger partial charge in [0.1, 0.15) is 0 Å². The summed E-state index contributed by atoms with van der Waals surface area (Å²) in [5, 5.41) is 7.75. The zero-order valence-electron chi connectivity index (χ0n) is 13.3. The molecule has 1 aliphatic heterocycles. The molecular weight excluding hydrogens is 348 g/mol. The van der Waals surface area contributed by atoms with Gasteiger partial charge in [0, 0.05) is 42.1 Å². The largest absolute Gasteiger partial charge is 0.381 e. The molecule has 1 amide bonds. The number of halogens is 1. The van der Waals surface area contributed by atoms with Gasteiger partial charge in [-0.15, -0.1) is 0 Å². The van der Waals surface area contributed by atoms with E-state index in [4.69, 9.17) is 16.3 Å². The van der Waals surface area contributed by atoms with Crippen LogP contribution in [0.4, 0.5) is 11.4 Å². The summed E-state index contributed by atoms with van der Waals surface area (Å²) in [5.74, 6) is -0.203. The molecule has 6 nitrogen and oxygen atoms in total. The van der Waals surface area contributed by atoms with Gasteiger partial charge < -0.3 is 14.8 Å². The minimum absolute atomic E-state index is 0.203. The van der Waals surface area contributed by atoms with Crippen molar-refractivity contribution in [2.45, 2.75) is 18.9 Å². The predicted molar refractivity (Wildman–Crippen MR) is 97.9 cm³/mol. The van der Waals surface area contributed by atoms with E-state index in [2.05, 4.69) is 15.1 Å². The highest BCUT2D eigenvalue weighted by Gasteiger charge is 2.18. The lowest BCUT2D eigenvalue weighted by atomic mass is 10.1. The number of carbonyl (C=O) groups is 1. The molecule has 8 heteroatoms. The molecule has 3 rings (SSSR count). The SMILES string of the molecule is CSNc1cc(Cl)cc(NC(=O)c2cnn(C3CCOCC3)c2)c1. The van der Waals surface area contributed by atoms with Gasteiger partial charge in [-0.25, -0.2) is 0 Å². The van der Waals surface area contributed by atoms with Gasteiger partial charge >= 0.3 is 0 Å². The van der Waals surface area contributed by atoms with E-state index in [0.717, 1.165) is 31.7 Å². The van der Waals surface area contributed by atoms with Crippen molar-refractivity contribution in [1.29, 1.82) is 0 Å². The number of nitrogens with one attached hydrogen (secondary N) is 2. The summed E-state index contributed by atoms with van der Waals surface area (Å²) in [7, 11) is 0. The summed E-state index contributed by atoms with van der Waals surface area (Å²) in [4.78, 5) is 12.4. The van der Waals surface area contributed by atoms with Crippen LogP contribution >= 0.6 is 23.5 Å². The smallest absolute Gasteiger partial charge is 0.258 e. The first kappa shape index (κ1) is 17.1. The Hall–Kier alpha value is -1.70. The molecule has 2 aromatic rings. The van der Waals surface area contributed by atoms with E-state index in [1.807, 2.05) is 17.0 Å². The molecule has 0 spiro atoms. The lowest BCUT2D eigenvalue weighted by Gasteiger charge is -2.22. The third-order valence-electron chi connectivity index (χ3n) is 3.80. The lowest BCUT2D eigenvalue weighted by molar-refractivity contribution is 0.0662. The highest BCUT2D eigenvalue weighted by atomic mass is 35.5. The van der Waals surface area contributed by atoms with Gasteiger partial charge in [-0.3, -0.25) is 9.48 Å². The second kappa shape index (κ2) is 7.92. The maximum absolute atomic E-state index is 12.4. The van der Waals surface area contributed by atoms with Crippen molar-refractivity contribution in [3.05, 3.63) is 41.2 Å². The molecule has 1 aromatic carbocycles. The average molecular weight is 367 g/mol. The Morgan fingerprint density at radius 3 is 2.83 bits per heavy atom. The lowest BCUT2D eigenvalue weighted by Crippen LogP contribution is -2.20. The molecule has 1 saturated heterocycles. The standard InChI is InChI=1S/C16H19ClN4O2S/c1-24-20-14-7-12(17)6-13(8-14)19-16(22)11-9-18-21(10-11)15-2-4-23-5-3-15/h6-10,15,20H,2-5H2,1H3,(H,19,22). The second-order valence-electron chi connectivity index (χ2n) is 5.54. The van der Waals surface area contributed by atoms with Crippen molar-refractivity contribution >= 4 is 40.8 Å². The van der Waals surface area contributed by atoms with E-state index in [9.17, 15) is 4.79 Å². The normalized spacial score (nSPS) is 15.2. The van der Waals surface area contributed by atoms with Gasteiger partial charge in [-0.2, -0.15) is 5.10 Å². The van der Waals surface area contributed by atoms with Gasteiger partial charge in [0.2, 0.25) is 0 Å². The zero-order valence-corrected chi connectivity index (χ0v) is 14.9. The predicted octanol–water partition coefficient (Wildman–Crippen LogP) is 3.83. The van der Waals surface area contributed by atoms with Gasteiger partial charge in [0.05, 0.1) is 17.8 Å². The van der Waals surface area contributed by atoms with Crippen LogP contribution in [0.5, 0.6) is 0 Å². The number of hydrogen-bond acceptors (Lipinski definition) is 5. The van der Waals surface area contributed by atoms with Crippen LogP contribution in [-0.2, 0) is 4.74 Å². The number of anilines is 2. The molecule has 2 heterocycles. The fraction of sp³-hybridized carbons (Fsp3) is 0.375. The zero-order chi connectivity index (χ0) is 16.9. The van der Waals surface area contributed by atoms with Crippen LogP contribution in [-0.4, -0.2) is 35.2 Å². The van der Waals surface area contributed by atoms with Crippen molar-refractivity contribution in [2.24, 2.45) is 0 Å². The molecule has 0 saturated carbocycles. The van der Waals surface area contributed by atoms with Crippen molar-refractivity contribution in [3.8, 4) is 0 Å². The number of ether oxygens (including phenoxy) is 1. The third-order valence-corrected chi connectivity index (χ3v) is 4.46. The van der Waals surface area contributed by atoms with E-state index < -0.39 is 0 Å². The Morgan fingerprint density at radius 2 is 2.08 bits per heavy atom. The number of rotatable bonds is 5. The van der Waals surface area contributed by atoms with Crippen LogP contribution in [0.3, 0.4) is 0 Å². The molecule has 0 radical (unpaired) electrons. The summed E-state index contributed by atoms with van der Waals surface area (Å²) < 4.78 is 10.3. The van der Waals surface area contributed by atoms with E-state index in [0.29, 0.717) is 22.3 Å². The van der Waals surface area contributed by atoms with E-state index in [1.54, 1.807) is 24.5 Å². The minimum Gasteiger partial charge on any atom is -0.381 e. The van der Waals surface area contributed by atoms with Gasteiger partial charge in [0.15, 0.2) is 0 Å². The van der Waals surface area contributed by atoms with Crippen LogP contribution in [0.2, 0.25) is 5.02 Å². The van der Waals surface area contributed by atoms with E-state index in [-0.39, 0.29) is 5.91 Å². The number of amides is 1. The minimum atomic E-state index is -0.203. The fourth-order valence-electron chi connectivity index (χ4n) is 2.65. The molecule has 0 atom stereocenters. The number of hydrogen-bond donors (Lipinski definition) is 2. The summed E-state index contributed by atoms with van der Waals surface area (Å²) >= 11 is 7.55. The molecule has 2 N–H and O–H groups in total. The van der Waals surface area contributed by atoms with Crippen LogP contribution in [0.25, 0.3) is 0 Å². The Balaban J connectivity index is 1.70. The van der Waals surface area contributed by atoms with Gasteiger partial charge in [0.25, 0.3) is 5.91 Å². The molecule has 0 aliphatic carbocycles. The van der Waals surface area contributed by atoms with Crippen LogP contribution in [0.15, 0.2) is 30.6 Å². The summed E-state index contributed by atoms with van der Waals surface area (Å²) in [6.07, 6.45) is 7.14. The first-order chi connectivity index (χ1) is 11.7. The van der Waals surface area contributed by atoms with Crippen LogP contribution in [0, 0.1) is 0 Å². The quantitative estimate of drug-likeness (QED) is 0.787. The number of benzene rings is 1. The highest BCUT2D eigenvalue weighted by Crippen LogP contribution is 2.25. The van der Waals surface area contributed by atoms with Gasteiger partial charge in [-0.1, -0.05) is 23.5 Å². The molecule has 1 aromatic heterocycles. The van der Waals surface area contributed by atoms with Crippen molar-refractivity contribution in [3.63, 3.8) is 0 Å². The molecule has 1 aliphatic rings. The van der Waals surface area contributed by atoms with E-state index >= 15 is 0 Å². The third kappa shape index (κ3) is 4.23. The molecule has 24 heavy (non-hydrogen) atoms. The molecular formula is C16H19ClN4O2S. The summed E-state index contributed by atoms with van der Waals surface area (Å²) in [6.45, 7) is 1.47. The molecule has 0 bridgehead atoms. The molecule has 128 valence electrons. The van der Waals surface area contributed by atoms with E-state index in [1.165, 1.54) is 11.9 Å². The maximum Gasteiger partial charge on any atom is 0.258 e. The number of nitrogens with zero attached hydrogens (tertiary/aromatic N) is 2. The van der Waals surface area contributed by atoms with Crippen molar-refractivity contribution in [2.75, 3.05) is 29.5 Å². The van der Waals surface area contributed by atoms with Crippen LogP contribution < -0.4 is 10.0 Å². The number of carbonyl (C=O) groups excluding carboxylic acids is 1. The van der Waals surface area contributed by atoms with Crippen molar-refractivity contribution in [1.82, 2.24) is 9.78 Å². The molecule has 0 unspecified atom stereocenters. The number of aromatic nitrogens is 2. The topological polar surface area (TPSA) is 68.2 Å². The Bertz CT molecular complexity index is 716. The average Bonchev–Trinajstić information content (AvgIpc) is 3.05. The van der Waals surface area contributed by atoms with Gasteiger partial charge in [-0.05, 0) is 31.0 Å². The summed E-state index contributed by atoms with van der Waals surface area (Å²) in [5.41, 5.74) is 2.01.